The summed E-state index contributed by atoms with van der Waals surface area (Å²) in [5.74, 6) is 0.543. The van der Waals surface area contributed by atoms with Crippen molar-refractivity contribution in [3.05, 3.63) is 18.1 Å². The molecule has 0 spiro atoms. The molecule has 1 aromatic rings. The number of aliphatic hydroxyl groups is 1. The lowest BCUT2D eigenvalue weighted by molar-refractivity contribution is 0.0710. The molecule has 1 atom stereocenters. The molecule has 0 bridgehead atoms. The van der Waals surface area contributed by atoms with Crippen molar-refractivity contribution in [3.63, 3.8) is 0 Å². The van der Waals surface area contributed by atoms with Crippen LogP contribution in [0.2, 0.25) is 0 Å². The Kier molecular flexibility index (Phi) is 4.09. The number of aromatic nitrogens is 2. The van der Waals surface area contributed by atoms with Crippen molar-refractivity contribution in [1.29, 1.82) is 0 Å². The number of amides is 1. The Morgan fingerprint density at radius 1 is 1.56 bits per heavy atom. The second kappa shape index (κ2) is 5.77. The highest BCUT2D eigenvalue weighted by atomic mass is 16.3. The monoisotopic (exact) mass is 250 g/mol. The van der Waals surface area contributed by atoms with Crippen molar-refractivity contribution in [2.24, 2.45) is 0 Å². The molecule has 0 aromatic carbocycles. The number of nitrogens with zero attached hydrogens (tertiary/aromatic N) is 3. The molecule has 1 fully saturated rings. The van der Waals surface area contributed by atoms with Gasteiger partial charge >= 0.3 is 0 Å². The van der Waals surface area contributed by atoms with E-state index in [1.165, 1.54) is 6.20 Å². The number of likely N-dealkylation sites (tertiary alicyclic amines) is 1. The van der Waals surface area contributed by atoms with Gasteiger partial charge in [-0.3, -0.25) is 4.79 Å². The van der Waals surface area contributed by atoms with E-state index in [9.17, 15) is 4.79 Å². The van der Waals surface area contributed by atoms with Gasteiger partial charge in [0.1, 0.15) is 11.5 Å². The second-order valence-corrected chi connectivity index (χ2v) is 4.34. The second-order valence-electron chi connectivity index (χ2n) is 4.34. The third-order valence-electron chi connectivity index (χ3n) is 3.23. The smallest absolute Gasteiger partial charge is 0.274 e. The Hall–Kier alpha value is -1.69. The summed E-state index contributed by atoms with van der Waals surface area (Å²) in [6, 6.07) is 0.133. The maximum atomic E-state index is 12.3. The third kappa shape index (κ3) is 2.59. The molecule has 1 amide bonds. The zero-order chi connectivity index (χ0) is 13.0. The van der Waals surface area contributed by atoms with E-state index in [0.717, 1.165) is 19.4 Å². The standard InChI is InChI=1S/C12H18N4O2/c1-13-11-8-14-10(7-15-11)12(18)16-5-2-3-9(16)4-6-17/h7-9,17H,2-6H2,1H3,(H,13,15). The lowest BCUT2D eigenvalue weighted by atomic mass is 10.1. The van der Waals surface area contributed by atoms with Gasteiger partial charge < -0.3 is 15.3 Å². The van der Waals surface area contributed by atoms with E-state index < -0.39 is 0 Å². The fourth-order valence-electron chi connectivity index (χ4n) is 2.27. The minimum atomic E-state index is -0.0962. The molecule has 1 saturated heterocycles. The van der Waals surface area contributed by atoms with Crippen LogP contribution in [0.5, 0.6) is 0 Å². The average molecular weight is 250 g/mol. The Labute approximate surface area is 106 Å². The highest BCUT2D eigenvalue weighted by molar-refractivity contribution is 5.92. The SMILES string of the molecule is CNc1cnc(C(=O)N2CCCC2CCO)cn1. The summed E-state index contributed by atoms with van der Waals surface area (Å²) in [4.78, 5) is 22.2. The Balaban J connectivity index is 2.09. The molecule has 6 nitrogen and oxygen atoms in total. The van der Waals surface area contributed by atoms with Crippen LogP contribution in [0.1, 0.15) is 29.8 Å². The first-order chi connectivity index (χ1) is 8.76. The van der Waals surface area contributed by atoms with E-state index in [0.29, 0.717) is 17.9 Å². The maximum Gasteiger partial charge on any atom is 0.274 e. The minimum absolute atomic E-state index is 0.0962. The van der Waals surface area contributed by atoms with E-state index in [-0.39, 0.29) is 18.6 Å². The van der Waals surface area contributed by atoms with Crippen molar-refractivity contribution in [1.82, 2.24) is 14.9 Å². The summed E-state index contributed by atoms with van der Waals surface area (Å²) in [6.07, 6.45) is 5.60. The summed E-state index contributed by atoms with van der Waals surface area (Å²) >= 11 is 0. The number of nitrogens with one attached hydrogen (secondary N) is 1. The van der Waals surface area contributed by atoms with E-state index in [2.05, 4.69) is 15.3 Å². The maximum absolute atomic E-state index is 12.3. The lowest BCUT2D eigenvalue weighted by Crippen LogP contribution is -2.36. The average Bonchev–Trinajstić information content (AvgIpc) is 2.87. The molecule has 2 rings (SSSR count). The van der Waals surface area contributed by atoms with Gasteiger partial charge in [0, 0.05) is 26.2 Å². The van der Waals surface area contributed by atoms with E-state index in [4.69, 9.17) is 5.11 Å². The van der Waals surface area contributed by atoms with Gasteiger partial charge in [0.05, 0.1) is 12.4 Å². The van der Waals surface area contributed by atoms with Crippen LogP contribution in [-0.4, -0.2) is 52.1 Å². The molecule has 2 heterocycles. The third-order valence-corrected chi connectivity index (χ3v) is 3.23. The number of carbonyl (C=O) groups is 1. The van der Waals surface area contributed by atoms with Crippen LogP contribution < -0.4 is 5.32 Å². The fraction of sp³-hybridized carbons (Fsp3) is 0.583. The van der Waals surface area contributed by atoms with Crippen molar-refractivity contribution < 1.29 is 9.90 Å². The van der Waals surface area contributed by atoms with Crippen LogP contribution in [0.4, 0.5) is 5.82 Å². The summed E-state index contributed by atoms with van der Waals surface area (Å²) in [7, 11) is 1.75. The first-order valence-corrected chi connectivity index (χ1v) is 6.18. The minimum Gasteiger partial charge on any atom is -0.396 e. The van der Waals surface area contributed by atoms with Gasteiger partial charge in [-0.25, -0.2) is 9.97 Å². The predicted octanol–water partition coefficient (Wildman–Crippen LogP) is 0.505. The molecular formula is C12H18N4O2. The van der Waals surface area contributed by atoms with Gasteiger partial charge in [0.2, 0.25) is 0 Å². The number of hydrogen-bond donors (Lipinski definition) is 2. The van der Waals surface area contributed by atoms with Gasteiger partial charge in [0.25, 0.3) is 5.91 Å². The summed E-state index contributed by atoms with van der Waals surface area (Å²) in [6.45, 7) is 0.845. The molecule has 98 valence electrons. The van der Waals surface area contributed by atoms with E-state index in [1.54, 1.807) is 18.1 Å². The Morgan fingerprint density at radius 3 is 3.00 bits per heavy atom. The molecule has 18 heavy (non-hydrogen) atoms. The van der Waals surface area contributed by atoms with Crippen molar-refractivity contribution in [3.8, 4) is 0 Å². The number of hydrogen-bond acceptors (Lipinski definition) is 5. The first kappa shape index (κ1) is 12.8. The molecule has 2 N–H and O–H groups in total. The normalized spacial score (nSPS) is 19.0. The fourth-order valence-corrected chi connectivity index (χ4v) is 2.27. The molecule has 0 radical (unpaired) electrons. The molecule has 0 aliphatic carbocycles. The van der Waals surface area contributed by atoms with E-state index in [1.807, 2.05) is 0 Å². The molecule has 1 aromatic heterocycles. The first-order valence-electron chi connectivity index (χ1n) is 6.18. The van der Waals surface area contributed by atoms with Gasteiger partial charge in [-0.05, 0) is 19.3 Å². The molecular weight excluding hydrogens is 232 g/mol. The van der Waals surface area contributed by atoms with Crippen molar-refractivity contribution in [2.75, 3.05) is 25.5 Å². The van der Waals surface area contributed by atoms with E-state index >= 15 is 0 Å². The number of anilines is 1. The molecule has 1 aliphatic heterocycles. The number of carbonyl (C=O) groups excluding carboxylic acids is 1. The quantitative estimate of drug-likeness (QED) is 0.814. The Morgan fingerprint density at radius 2 is 2.39 bits per heavy atom. The van der Waals surface area contributed by atoms with Gasteiger partial charge in [-0.2, -0.15) is 0 Å². The summed E-state index contributed by atoms with van der Waals surface area (Å²) in [5, 5.41) is 11.9. The summed E-state index contributed by atoms with van der Waals surface area (Å²) in [5.41, 5.74) is 0.360. The zero-order valence-corrected chi connectivity index (χ0v) is 10.5. The van der Waals surface area contributed by atoms with Crippen LogP contribution in [0.15, 0.2) is 12.4 Å². The number of rotatable bonds is 4. The molecule has 6 heteroatoms. The van der Waals surface area contributed by atoms with Gasteiger partial charge in [-0.15, -0.1) is 0 Å². The highest BCUT2D eigenvalue weighted by Gasteiger charge is 2.29. The molecule has 1 unspecified atom stereocenters. The number of aliphatic hydroxyl groups excluding tert-OH is 1. The van der Waals surface area contributed by atoms with Crippen LogP contribution in [0, 0.1) is 0 Å². The largest absolute Gasteiger partial charge is 0.396 e. The highest BCUT2D eigenvalue weighted by Crippen LogP contribution is 2.21. The van der Waals surface area contributed by atoms with Crippen LogP contribution in [0.25, 0.3) is 0 Å². The van der Waals surface area contributed by atoms with Gasteiger partial charge in [0.15, 0.2) is 0 Å². The summed E-state index contributed by atoms with van der Waals surface area (Å²) < 4.78 is 0. The van der Waals surface area contributed by atoms with Crippen LogP contribution in [0.3, 0.4) is 0 Å². The zero-order valence-electron chi connectivity index (χ0n) is 10.5. The molecule has 1 aliphatic rings. The Bertz CT molecular complexity index is 407. The lowest BCUT2D eigenvalue weighted by Gasteiger charge is -2.23. The van der Waals surface area contributed by atoms with Crippen LogP contribution in [-0.2, 0) is 0 Å². The topological polar surface area (TPSA) is 78.4 Å². The predicted molar refractivity (Wildman–Crippen MR) is 67.3 cm³/mol. The van der Waals surface area contributed by atoms with Crippen molar-refractivity contribution in [2.45, 2.75) is 25.3 Å². The van der Waals surface area contributed by atoms with Gasteiger partial charge in [-0.1, -0.05) is 0 Å². The molecule has 0 saturated carbocycles. The van der Waals surface area contributed by atoms with Crippen LogP contribution >= 0.6 is 0 Å². The van der Waals surface area contributed by atoms with Crippen molar-refractivity contribution >= 4 is 11.7 Å².